The highest BCUT2D eigenvalue weighted by Crippen LogP contribution is 2.13. The molecule has 1 rings (SSSR count). The molecule has 0 spiro atoms. The lowest BCUT2D eigenvalue weighted by molar-refractivity contribution is 0.0958. The standard InChI is InChI=1S/C17H34N2O/c1-6-20-13-17(15(4)5)18-16-8-11-19(12-9-16)10-7-14(2)3/h7,15-18H,6,8-13H2,1-5H3. The van der Waals surface area contributed by atoms with Crippen molar-refractivity contribution >= 4 is 0 Å². The lowest BCUT2D eigenvalue weighted by Crippen LogP contribution is -2.49. The summed E-state index contributed by atoms with van der Waals surface area (Å²) in [5, 5.41) is 3.81. The zero-order valence-electron chi connectivity index (χ0n) is 14.1. The summed E-state index contributed by atoms with van der Waals surface area (Å²) in [6, 6.07) is 1.15. The van der Waals surface area contributed by atoms with Crippen LogP contribution in [0.25, 0.3) is 0 Å². The van der Waals surface area contributed by atoms with Crippen LogP contribution in [0.5, 0.6) is 0 Å². The van der Waals surface area contributed by atoms with E-state index in [1.807, 2.05) is 0 Å². The molecule has 0 aromatic heterocycles. The van der Waals surface area contributed by atoms with Gasteiger partial charge in [-0.15, -0.1) is 0 Å². The molecule has 1 aliphatic heterocycles. The smallest absolute Gasteiger partial charge is 0.0622 e. The van der Waals surface area contributed by atoms with Gasteiger partial charge in [0.2, 0.25) is 0 Å². The van der Waals surface area contributed by atoms with E-state index in [-0.39, 0.29) is 0 Å². The average Bonchev–Trinajstić information content (AvgIpc) is 2.42. The molecule has 118 valence electrons. The van der Waals surface area contributed by atoms with Gasteiger partial charge >= 0.3 is 0 Å². The predicted octanol–water partition coefficient (Wildman–Crippen LogP) is 3.07. The number of hydrogen-bond donors (Lipinski definition) is 1. The molecule has 0 aliphatic carbocycles. The van der Waals surface area contributed by atoms with E-state index in [9.17, 15) is 0 Å². The van der Waals surface area contributed by atoms with E-state index in [1.165, 1.54) is 31.5 Å². The van der Waals surface area contributed by atoms with E-state index < -0.39 is 0 Å². The Kier molecular flexibility index (Phi) is 8.43. The fourth-order valence-corrected chi connectivity index (χ4v) is 2.57. The summed E-state index contributed by atoms with van der Waals surface area (Å²) in [5.74, 6) is 0.630. The van der Waals surface area contributed by atoms with Crippen molar-refractivity contribution in [1.82, 2.24) is 10.2 Å². The summed E-state index contributed by atoms with van der Waals surface area (Å²) >= 11 is 0. The second kappa shape index (κ2) is 9.54. The Bertz CT molecular complexity index is 277. The van der Waals surface area contributed by atoms with Gasteiger partial charge in [0.15, 0.2) is 0 Å². The fourth-order valence-electron chi connectivity index (χ4n) is 2.57. The summed E-state index contributed by atoms with van der Waals surface area (Å²) < 4.78 is 5.60. The molecule has 0 aromatic carbocycles. The van der Waals surface area contributed by atoms with Crippen LogP contribution < -0.4 is 5.32 Å². The van der Waals surface area contributed by atoms with Crippen molar-refractivity contribution in [3.05, 3.63) is 11.6 Å². The molecule has 1 saturated heterocycles. The van der Waals surface area contributed by atoms with E-state index in [0.29, 0.717) is 18.0 Å². The summed E-state index contributed by atoms with van der Waals surface area (Å²) in [4.78, 5) is 2.55. The minimum Gasteiger partial charge on any atom is -0.380 e. The Morgan fingerprint density at radius 1 is 1.30 bits per heavy atom. The van der Waals surface area contributed by atoms with Crippen LogP contribution in [0.4, 0.5) is 0 Å². The summed E-state index contributed by atoms with van der Waals surface area (Å²) in [6.07, 6.45) is 4.84. The van der Waals surface area contributed by atoms with Crippen LogP contribution in [0, 0.1) is 5.92 Å². The molecule has 1 aliphatic rings. The van der Waals surface area contributed by atoms with Crippen LogP contribution in [-0.4, -0.2) is 49.8 Å². The van der Waals surface area contributed by atoms with Gasteiger partial charge in [-0.2, -0.15) is 0 Å². The number of hydrogen-bond acceptors (Lipinski definition) is 3. The topological polar surface area (TPSA) is 24.5 Å². The molecule has 0 bridgehead atoms. The van der Waals surface area contributed by atoms with Crippen LogP contribution in [0.3, 0.4) is 0 Å². The van der Waals surface area contributed by atoms with Gasteiger partial charge in [0.25, 0.3) is 0 Å². The maximum absolute atomic E-state index is 5.60. The van der Waals surface area contributed by atoms with Crippen molar-refractivity contribution in [3.63, 3.8) is 0 Å². The lowest BCUT2D eigenvalue weighted by atomic mass is 9.99. The molecular formula is C17H34N2O. The Labute approximate surface area is 125 Å². The highest BCUT2D eigenvalue weighted by molar-refractivity contribution is 4.95. The third-order valence-corrected chi connectivity index (χ3v) is 4.10. The second-order valence-electron chi connectivity index (χ2n) is 6.53. The van der Waals surface area contributed by atoms with E-state index in [2.05, 4.69) is 50.9 Å². The normalized spacial score (nSPS) is 19.3. The van der Waals surface area contributed by atoms with Crippen LogP contribution in [0.2, 0.25) is 0 Å². The van der Waals surface area contributed by atoms with Gasteiger partial charge in [0.05, 0.1) is 6.61 Å². The Morgan fingerprint density at radius 3 is 2.45 bits per heavy atom. The first kappa shape index (κ1) is 17.7. The maximum atomic E-state index is 5.60. The third-order valence-electron chi connectivity index (χ3n) is 4.10. The average molecular weight is 282 g/mol. The van der Waals surface area contributed by atoms with Crippen LogP contribution in [0.15, 0.2) is 11.6 Å². The van der Waals surface area contributed by atoms with E-state index >= 15 is 0 Å². The van der Waals surface area contributed by atoms with Crippen LogP contribution >= 0.6 is 0 Å². The highest BCUT2D eigenvalue weighted by atomic mass is 16.5. The van der Waals surface area contributed by atoms with E-state index in [0.717, 1.165) is 19.8 Å². The number of nitrogens with one attached hydrogen (secondary N) is 1. The molecule has 1 fully saturated rings. The Morgan fingerprint density at radius 2 is 1.95 bits per heavy atom. The lowest BCUT2D eigenvalue weighted by Gasteiger charge is -2.35. The molecule has 20 heavy (non-hydrogen) atoms. The SMILES string of the molecule is CCOCC(NC1CCN(CC=C(C)C)CC1)C(C)C. The molecule has 1 atom stereocenters. The molecule has 0 radical (unpaired) electrons. The fraction of sp³-hybridized carbons (Fsp3) is 0.882. The monoisotopic (exact) mass is 282 g/mol. The van der Waals surface area contributed by atoms with Crippen molar-refractivity contribution in [2.24, 2.45) is 5.92 Å². The van der Waals surface area contributed by atoms with Gasteiger partial charge in [-0.05, 0) is 52.6 Å². The van der Waals surface area contributed by atoms with Gasteiger partial charge < -0.3 is 10.1 Å². The first-order valence-corrected chi connectivity index (χ1v) is 8.22. The molecule has 0 aromatic rings. The number of allylic oxidation sites excluding steroid dienone is 1. The Balaban J connectivity index is 2.31. The molecule has 1 N–H and O–H groups in total. The third kappa shape index (κ3) is 6.87. The first-order chi connectivity index (χ1) is 9.52. The summed E-state index contributed by atoms with van der Waals surface area (Å²) in [7, 11) is 0. The molecule has 0 amide bonds. The number of rotatable bonds is 8. The minimum atomic E-state index is 0.490. The molecule has 1 heterocycles. The number of ether oxygens (including phenoxy) is 1. The van der Waals surface area contributed by atoms with Crippen LogP contribution in [-0.2, 0) is 4.74 Å². The largest absolute Gasteiger partial charge is 0.380 e. The maximum Gasteiger partial charge on any atom is 0.0622 e. The molecule has 0 saturated carbocycles. The zero-order valence-corrected chi connectivity index (χ0v) is 14.1. The first-order valence-electron chi connectivity index (χ1n) is 8.22. The number of nitrogens with zero attached hydrogens (tertiary/aromatic N) is 1. The van der Waals surface area contributed by atoms with Gasteiger partial charge in [-0.1, -0.05) is 25.5 Å². The van der Waals surface area contributed by atoms with Crippen molar-refractivity contribution in [1.29, 1.82) is 0 Å². The summed E-state index contributed by atoms with van der Waals surface area (Å²) in [6.45, 7) is 16.2. The van der Waals surface area contributed by atoms with Crippen molar-refractivity contribution in [2.75, 3.05) is 32.8 Å². The van der Waals surface area contributed by atoms with Gasteiger partial charge in [-0.3, -0.25) is 4.90 Å². The predicted molar refractivity (Wildman–Crippen MR) is 87.1 cm³/mol. The molecule has 1 unspecified atom stereocenters. The number of likely N-dealkylation sites (tertiary alicyclic amines) is 1. The molecule has 3 heteroatoms. The minimum absolute atomic E-state index is 0.490. The van der Waals surface area contributed by atoms with E-state index in [4.69, 9.17) is 4.74 Å². The second-order valence-corrected chi connectivity index (χ2v) is 6.53. The van der Waals surface area contributed by atoms with Crippen molar-refractivity contribution < 1.29 is 4.74 Å². The quantitative estimate of drug-likeness (QED) is 0.693. The summed E-state index contributed by atoms with van der Waals surface area (Å²) in [5.41, 5.74) is 1.42. The molecule has 3 nitrogen and oxygen atoms in total. The van der Waals surface area contributed by atoms with Crippen molar-refractivity contribution in [3.8, 4) is 0 Å². The zero-order chi connectivity index (χ0) is 15.0. The molecular weight excluding hydrogens is 248 g/mol. The Hall–Kier alpha value is -0.380. The highest BCUT2D eigenvalue weighted by Gasteiger charge is 2.22. The van der Waals surface area contributed by atoms with Gasteiger partial charge in [-0.25, -0.2) is 0 Å². The van der Waals surface area contributed by atoms with Gasteiger partial charge in [0, 0.05) is 25.2 Å². The van der Waals surface area contributed by atoms with Crippen molar-refractivity contribution in [2.45, 2.75) is 59.5 Å². The van der Waals surface area contributed by atoms with E-state index in [1.54, 1.807) is 0 Å². The van der Waals surface area contributed by atoms with Gasteiger partial charge in [0.1, 0.15) is 0 Å². The van der Waals surface area contributed by atoms with Crippen LogP contribution in [0.1, 0.15) is 47.5 Å². The number of piperidine rings is 1.